The summed E-state index contributed by atoms with van der Waals surface area (Å²) < 4.78 is 7.21. The second-order valence-electron chi connectivity index (χ2n) is 6.44. The average Bonchev–Trinajstić information content (AvgIpc) is 2.97. The first-order chi connectivity index (χ1) is 12.0. The van der Waals surface area contributed by atoms with Crippen LogP contribution in [0.25, 0.3) is 10.9 Å². The Hall–Kier alpha value is -2.09. The lowest BCUT2D eigenvalue weighted by molar-refractivity contribution is -0.135. The van der Waals surface area contributed by atoms with Crippen LogP contribution in [0.15, 0.2) is 30.5 Å². The Balaban J connectivity index is 0.00000243. The summed E-state index contributed by atoms with van der Waals surface area (Å²) in [6.45, 7) is 4.60. The molecule has 1 aromatic heterocycles. The van der Waals surface area contributed by atoms with E-state index in [4.69, 9.17) is 10.5 Å². The molecule has 0 spiro atoms. The molecule has 0 radical (unpaired) electrons. The van der Waals surface area contributed by atoms with Crippen molar-refractivity contribution in [1.29, 1.82) is 0 Å². The summed E-state index contributed by atoms with van der Waals surface area (Å²) in [5.41, 5.74) is 7.34. The van der Waals surface area contributed by atoms with Crippen LogP contribution in [0.5, 0.6) is 0 Å². The van der Waals surface area contributed by atoms with Crippen LogP contribution in [0.1, 0.15) is 13.3 Å². The van der Waals surface area contributed by atoms with E-state index in [1.165, 1.54) is 0 Å². The van der Waals surface area contributed by atoms with Crippen molar-refractivity contribution in [3.05, 3.63) is 30.5 Å². The molecule has 1 atom stereocenters. The van der Waals surface area contributed by atoms with Crippen LogP contribution < -0.4 is 11.1 Å². The molecule has 0 saturated carbocycles. The molecular formula is C18H25ClN4O3. The normalized spacial score (nSPS) is 15.4. The minimum atomic E-state index is -0.170. The standard InChI is InChI=1S/C18H24N4O3.ClH/c1-13(19)10-17(23)20-15-2-3-16-14(11-15)4-5-22(16)12-18(24)21-6-8-25-9-7-21;/h2-5,11,13H,6-10,12,19H2,1H3,(H,20,23);1H. The van der Waals surface area contributed by atoms with Gasteiger partial charge in [0.1, 0.15) is 6.54 Å². The van der Waals surface area contributed by atoms with Crippen LogP contribution in [0.3, 0.4) is 0 Å². The second-order valence-corrected chi connectivity index (χ2v) is 6.44. The molecule has 0 bridgehead atoms. The highest BCUT2D eigenvalue weighted by molar-refractivity contribution is 5.94. The summed E-state index contributed by atoms with van der Waals surface area (Å²) in [7, 11) is 0. The molecule has 1 saturated heterocycles. The molecule has 3 N–H and O–H groups in total. The van der Waals surface area contributed by atoms with Gasteiger partial charge in [0.25, 0.3) is 0 Å². The first-order valence-corrected chi connectivity index (χ1v) is 8.53. The Morgan fingerprint density at radius 2 is 2.00 bits per heavy atom. The predicted octanol–water partition coefficient (Wildman–Crippen LogP) is 1.60. The van der Waals surface area contributed by atoms with Crippen molar-refractivity contribution >= 4 is 40.8 Å². The fourth-order valence-corrected chi connectivity index (χ4v) is 2.98. The number of hydrogen-bond donors (Lipinski definition) is 2. The maximum atomic E-state index is 12.4. The number of halogens is 1. The zero-order chi connectivity index (χ0) is 17.8. The van der Waals surface area contributed by atoms with Gasteiger partial charge in [0.05, 0.1) is 13.2 Å². The summed E-state index contributed by atoms with van der Waals surface area (Å²) in [5.74, 6) is -0.00797. The zero-order valence-corrected chi connectivity index (χ0v) is 15.6. The number of carbonyl (C=O) groups excluding carboxylic acids is 2. The molecule has 1 unspecified atom stereocenters. The van der Waals surface area contributed by atoms with E-state index in [0.29, 0.717) is 32.8 Å². The molecular weight excluding hydrogens is 356 g/mol. The van der Waals surface area contributed by atoms with Crippen LogP contribution in [0.2, 0.25) is 0 Å². The second kappa shape index (κ2) is 9.02. The van der Waals surface area contributed by atoms with Crippen LogP contribution in [0, 0.1) is 0 Å². The number of aromatic nitrogens is 1. The number of hydrogen-bond acceptors (Lipinski definition) is 4. The van der Waals surface area contributed by atoms with Gasteiger partial charge < -0.3 is 25.3 Å². The van der Waals surface area contributed by atoms with Gasteiger partial charge in [-0.2, -0.15) is 0 Å². The van der Waals surface area contributed by atoms with E-state index in [1.54, 1.807) is 6.92 Å². The Morgan fingerprint density at radius 1 is 1.27 bits per heavy atom. The first-order valence-electron chi connectivity index (χ1n) is 8.53. The highest BCUT2D eigenvalue weighted by atomic mass is 35.5. The molecule has 142 valence electrons. The number of morpholine rings is 1. The van der Waals surface area contributed by atoms with Gasteiger partial charge in [-0.3, -0.25) is 9.59 Å². The molecule has 2 heterocycles. The van der Waals surface area contributed by atoms with Gasteiger partial charge in [-0.15, -0.1) is 12.4 Å². The quantitative estimate of drug-likeness (QED) is 0.824. The Morgan fingerprint density at radius 3 is 2.69 bits per heavy atom. The SMILES string of the molecule is CC(N)CC(=O)Nc1ccc2c(ccn2CC(=O)N2CCOCC2)c1.Cl. The minimum Gasteiger partial charge on any atom is -0.378 e. The lowest BCUT2D eigenvalue weighted by Gasteiger charge is -2.27. The van der Waals surface area contributed by atoms with E-state index in [0.717, 1.165) is 16.6 Å². The number of ether oxygens (including phenoxy) is 1. The third-order valence-corrected chi connectivity index (χ3v) is 4.23. The zero-order valence-electron chi connectivity index (χ0n) is 14.8. The van der Waals surface area contributed by atoms with Crippen LogP contribution in [0.4, 0.5) is 5.69 Å². The van der Waals surface area contributed by atoms with Crippen molar-refractivity contribution in [3.8, 4) is 0 Å². The number of fused-ring (bicyclic) bond motifs is 1. The fraction of sp³-hybridized carbons (Fsp3) is 0.444. The number of rotatable bonds is 5. The smallest absolute Gasteiger partial charge is 0.242 e. The largest absolute Gasteiger partial charge is 0.378 e. The van der Waals surface area contributed by atoms with Gasteiger partial charge in [0.15, 0.2) is 0 Å². The van der Waals surface area contributed by atoms with Crippen molar-refractivity contribution in [3.63, 3.8) is 0 Å². The monoisotopic (exact) mass is 380 g/mol. The summed E-state index contributed by atoms with van der Waals surface area (Å²) >= 11 is 0. The van der Waals surface area contributed by atoms with Gasteiger partial charge in [0, 0.05) is 48.3 Å². The topological polar surface area (TPSA) is 89.6 Å². The van der Waals surface area contributed by atoms with E-state index in [2.05, 4.69) is 5.32 Å². The lowest BCUT2D eigenvalue weighted by atomic mass is 10.2. The number of nitrogens with two attached hydrogens (primary N) is 1. The van der Waals surface area contributed by atoms with E-state index < -0.39 is 0 Å². The van der Waals surface area contributed by atoms with Crippen LogP contribution in [-0.2, 0) is 20.9 Å². The van der Waals surface area contributed by atoms with Gasteiger partial charge in [-0.05, 0) is 31.2 Å². The Kier molecular flexibility index (Phi) is 7.02. The van der Waals surface area contributed by atoms with Gasteiger partial charge in [-0.1, -0.05) is 0 Å². The summed E-state index contributed by atoms with van der Waals surface area (Å²) in [6, 6.07) is 7.45. The van der Waals surface area contributed by atoms with E-state index in [-0.39, 0.29) is 36.7 Å². The maximum Gasteiger partial charge on any atom is 0.242 e. The Labute approximate surface area is 158 Å². The molecule has 1 aliphatic heterocycles. The molecule has 8 heteroatoms. The van der Waals surface area contributed by atoms with Crippen molar-refractivity contribution in [2.45, 2.75) is 25.9 Å². The molecule has 1 aromatic carbocycles. The molecule has 2 amide bonds. The van der Waals surface area contributed by atoms with E-state index >= 15 is 0 Å². The molecule has 1 fully saturated rings. The van der Waals surface area contributed by atoms with Crippen molar-refractivity contribution in [2.75, 3.05) is 31.6 Å². The van der Waals surface area contributed by atoms with Crippen molar-refractivity contribution < 1.29 is 14.3 Å². The summed E-state index contributed by atoms with van der Waals surface area (Å²) in [5, 5.41) is 3.83. The summed E-state index contributed by atoms with van der Waals surface area (Å²) in [4.78, 5) is 26.1. The maximum absolute atomic E-state index is 12.4. The van der Waals surface area contributed by atoms with Crippen LogP contribution >= 0.6 is 12.4 Å². The number of nitrogens with zero attached hydrogens (tertiary/aromatic N) is 2. The molecule has 26 heavy (non-hydrogen) atoms. The lowest BCUT2D eigenvalue weighted by Crippen LogP contribution is -2.42. The summed E-state index contributed by atoms with van der Waals surface area (Å²) in [6.07, 6.45) is 2.18. The van der Waals surface area contributed by atoms with Gasteiger partial charge in [-0.25, -0.2) is 0 Å². The van der Waals surface area contributed by atoms with E-state index in [1.807, 2.05) is 39.9 Å². The van der Waals surface area contributed by atoms with Gasteiger partial charge >= 0.3 is 0 Å². The average molecular weight is 381 g/mol. The minimum absolute atomic E-state index is 0. The molecule has 2 aromatic rings. The van der Waals surface area contributed by atoms with Crippen LogP contribution in [-0.4, -0.2) is 53.6 Å². The molecule has 3 rings (SSSR count). The fourth-order valence-electron chi connectivity index (χ4n) is 2.98. The Bertz CT molecular complexity index is 769. The van der Waals surface area contributed by atoms with E-state index in [9.17, 15) is 9.59 Å². The van der Waals surface area contributed by atoms with Crippen molar-refractivity contribution in [1.82, 2.24) is 9.47 Å². The van der Waals surface area contributed by atoms with Crippen molar-refractivity contribution in [2.24, 2.45) is 5.73 Å². The van der Waals surface area contributed by atoms with Gasteiger partial charge in [0.2, 0.25) is 11.8 Å². The number of anilines is 1. The highest BCUT2D eigenvalue weighted by Gasteiger charge is 2.17. The third kappa shape index (κ3) is 4.97. The molecule has 0 aliphatic carbocycles. The number of carbonyl (C=O) groups is 2. The highest BCUT2D eigenvalue weighted by Crippen LogP contribution is 2.21. The number of amides is 2. The number of benzene rings is 1. The predicted molar refractivity (Wildman–Crippen MR) is 103 cm³/mol. The molecule has 7 nitrogen and oxygen atoms in total. The molecule has 1 aliphatic rings. The number of nitrogens with one attached hydrogen (secondary N) is 1. The third-order valence-electron chi connectivity index (χ3n) is 4.23. The first kappa shape index (κ1) is 20.2.